The number of para-hydroxylation sites is 2. The highest BCUT2D eigenvalue weighted by molar-refractivity contribution is 7.09. The van der Waals surface area contributed by atoms with E-state index >= 15 is 0 Å². The van der Waals surface area contributed by atoms with Crippen molar-refractivity contribution in [2.75, 3.05) is 39.9 Å². The van der Waals surface area contributed by atoms with Crippen molar-refractivity contribution in [1.82, 2.24) is 14.8 Å². The Hall–Kier alpha value is -2.97. The summed E-state index contributed by atoms with van der Waals surface area (Å²) in [6.07, 6.45) is 0. The Labute approximate surface area is 184 Å². The zero-order chi connectivity index (χ0) is 21.6. The first-order chi connectivity index (χ1) is 15.1. The number of hydrogen-bond acceptors (Lipinski definition) is 6. The number of aromatic nitrogens is 1. The van der Waals surface area contributed by atoms with Crippen molar-refractivity contribution >= 4 is 17.2 Å². The Morgan fingerprint density at radius 2 is 1.77 bits per heavy atom. The third-order valence-corrected chi connectivity index (χ3v) is 6.03. The Bertz CT molecular complexity index is 1020. The van der Waals surface area contributed by atoms with Crippen molar-refractivity contribution in [1.29, 1.82) is 0 Å². The second kappa shape index (κ2) is 9.89. The van der Waals surface area contributed by atoms with Crippen molar-refractivity contribution < 1.29 is 18.7 Å². The number of carbonyl (C=O) groups is 1. The van der Waals surface area contributed by atoms with Crippen molar-refractivity contribution in [2.45, 2.75) is 6.54 Å². The first-order valence-corrected chi connectivity index (χ1v) is 11.0. The fourth-order valence-electron chi connectivity index (χ4n) is 3.45. The number of rotatable bonds is 7. The molecule has 1 aromatic heterocycles. The topological polar surface area (TPSA) is 54.9 Å². The molecule has 0 unspecified atom stereocenters. The van der Waals surface area contributed by atoms with E-state index in [1.807, 2.05) is 22.4 Å². The van der Waals surface area contributed by atoms with Gasteiger partial charge in [-0.25, -0.2) is 9.37 Å². The molecule has 1 fully saturated rings. The van der Waals surface area contributed by atoms with Gasteiger partial charge >= 0.3 is 0 Å². The van der Waals surface area contributed by atoms with Gasteiger partial charge in [0.15, 0.2) is 18.1 Å². The molecule has 4 rings (SSSR count). The van der Waals surface area contributed by atoms with Gasteiger partial charge in [-0.2, -0.15) is 0 Å². The van der Waals surface area contributed by atoms with Crippen LogP contribution in [0.3, 0.4) is 0 Å². The number of nitrogens with zero attached hydrogens (tertiary/aromatic N) is 3. The maximum atomic E-state index is 13.1. The molecular weight excluding hydrogens is 417 g/mol. The van der Waals surface area contributed by atoms with Crippen LogP contribution < -0.4 is 9.47 Å². The van der Waals surface area contributed by atoms with E-state index in [9.17, 15) is 9.18 Å². The maximum Gasteiger partial charge on any atom is 0.260 e. The summed E-state index contributed by atoms with van der Waals surface area (Å²) < 4.78 is 24.0. The summed E-state index contributed by atoms with van der Waals surface area (Å²) in [5.41, 5.74) is 1.77. The highest BCUT2D eigenvalue weighted by atomic mass is 32.1. The van der Waals surface area contributed by atoms with Crippen LogP contribution in [0.1, 0.15) is 5.01 Å². The van der Waals surface area contributed by atoms with Gasteiger partial charge in [0.05, 0.1) is 19.3 Å². The number of methoxy groups -OCH3 is 1. The lowest BCUT2D eigenvalue weighted by atomic mass is 10.2. The fraction of sp³-hybridized carbons (Fsp3) is 0.304. The van der Waals surface area contributed by atoms with Gasteiger partial charge in [0, 0.05) is 37.1 Å². The number of piperazine rings is 1. The molecule has 1 aliphatic heterocycles. The molecule has 0 aliphatic carbocycles. The van der Waals surface area contributed by atoms with E-state index < -0.39 is 0 Å². The van der Waals surface area contributed by atoms with E-state index in [0.29, 0.717) is 24.6 Å². The second-order valence-corrected chi connectivity index (χ2v) is 8.17. The summed E-state index contributed by atoms with van der Waals surface area (Å²) in [6.45, 7) is 3.62. The van der Waals surface area contributed by atoms with Gasteiger partial charge in [-0.15, -0.1) is 11.3 Å². The molecule has 31 heavy (non-hydrogen) atoms. The highest BCUT2D eigenvalue weighted by Crippen LogP contribution is 2.26. The SMILES string of the molecule is COc1ccccc1OCC(=O)N1CCN(Cc2nc(-c3ccc(F)cc3)cs2)CC1. The molecule has 1 aliphatic rings. The van der Waals surface area contributed by atoms with Crippen LogP contribution in [0.5, 0.6) is 11.5 Å². The fourth-order valence-corrected chi connectivity index (χ4v) is 4.30. The summed E-state index contributed by atoms with van der Waals surface area (Å²) >= 11 is 1.60. The molecule has 0 radical (unpaired) electrons. The van der Waals surface area contributed by atoms with Gasteiger partial charge in [0.2, 0.25) is 0 Å². The van der Waals surface area contributed by atoms with E-state index in [-0.39, 0.29) is 18.3 Å². The van der Waals surface area contributed by atoms with Crippen molar-refractivity contribution in [3.05, 3.63) is 64.7 Å². The zero-order valence-electron chi connectivity index (χ0n) is 17.3. The number of thiazole rings is 1. The number of halogens is 1. The van der Waals surface area contributed by atoms with E-state index in [1.54, 1.807) is 42.7 Å². The van der Waals surface area contributed by atoms with Crippen LogP contribution in [0.15, 0.2) is 53.9 Å². The van der Waals surface area contributed by atoms with Crippen LogP contribution in [0.25, 0.3) is 11.3 Å². The van der Waals surface area contributed by atoms with E-state index in [2.05, 4.69) is 9.88 Å². The van der Waals surface area contributed by atoms with Gasteiger partial charge in [-0.1, -0.05) is 12.1 Å². The third kappa shape index (κ3) is 5.39. The minimum Gasteiger partial charge on any atom is -0.493 e. The van der Waals surface area contributed by atoms with Gasteiger partial charge in [0.1, 0.15) is 10.8 Å². The molecule has 162 valence electrons. The molecule has 6 nitrogen and oxygen atoms in total. The predicted octanol–water partition coefficient (Wildman–Crippen LogP) is 3.68. The van der Waals surface area contributed by atoms with E-state index in [1.165, 1.54) is 12.1 Å². The summed E-state index contributed by atoms with van der Waals surface area (Å²) in [5.74, 6) is 0.902. The molecule has 0 atom stereocenters. The number of carbonyl (C=O) groups excluding carboxylic acids is 1. The first-order valence-electron chi connectivity index (χ1n) is 10.1. The van der Waals surface area contributed by atoms with Crippen LogP contribution in [-0.4, -0.2) is 60.6 Å². The molecule has 3 aromatic rings. The van der Waals surface area contributed by atoms with E-state index in [4.69, 9.17) is 9.47 Å². The quantitative estimate of drug-likeness (QED) is 0.560. The Morgan fingerprint density at radius 1 is 1.06 bits per heavy atom. The van der Waals surface area contributed by atoms with Gasteiger partial charge in [0.25, 0.3) is 5.91 Å². The van der Waals surface area contributed by atoms with Crippen LogP contribution in [0.4, 0.5) is 4.39 Å². The molecule has 1 saturated heterocycles. The highest BCUT2D eigenvalue weighted by Gasteiger charge is 2.22. The summed E-state index contributed by atoms with van der Waals surface area (Å²) in [5, 5.41) is 3.01. The number of amides is 1. The second-order valence-electron chi connectivity index (χ2n) is 7.23. The lowest BCUT2D eigenvalue weighted by Gasteiger charge is -2.34. The Balaban J connectivity index is 1.25. The first kappa shape index (κ1) is 21.3. The molecule has 1 amide bonds. The normalized spacial score (nSPS) is 14.5. The summed E-state index contributed by atoms with van der Waals surface area (Å²) in [6, 6.07) is 13.7. The largest absolute Gasteiger partial charge is 0.493 e. The van der Waals surface area contributed by atoms with Crippen LogP contribution in [-0.2, 0) is 11.3 Å². The molecule has 2 heterocycles. The van der Waals surface area contributed by atoms with Crippen LogP contribution >= 0.6 is 11.3 Å². The molecule has 8 heteroatoms. The maximum absolute atomic E-state index is 13.1. The van der Waals surface area contributed by atoms with Gasteiger partial charge in [-0.3, -0.25) is 9.69 Å². The summed E-state index contributed by atoms with van der Waals surface area (Å²) in [4.78, 5) is 21.3. The smallest absolute Gasteiger partial charge is 0.260 e. The molecule has 0 saturated carbocycles. The Kier molecular flexibility index (Phi) is 6.79. The van der Waals surface area contributed by atoms with Crippen LogP contribution in [0.2, 0.25) is 0 Å². The van der Waals surface area contributed by atoms with Crippen LogP contribution in [0, 0.1) is 5.82 Å². The monoisotopic (exact) mass is 441 g/mol. The zero-order valence-corrected chi connectivity index (χ0v) is 18.1. The lowest BCUT2D eigenvalue weighted by Crippen LogP contribution is -2.49. The van der Waals surface area contributed by atoms with Crippen molar-refractivity contribution in [3.8, 4) is 22.8 Å². The van der Waals surface area contributed by atoms with Gasteiger partial charge in [-0.05, 0) is 36.4 Å². The van der Waals surface area contributed by atoms with Gasteiger partial charge < -0.3 is 14.4 Å². The lowest BCUT2D eigenvalue weighted by molar-refractivity contribution is -0.135. The van der Waals surface area contributed by atoms with Crippen molar-refractivity contribution in [3.63, 3.8) is 0 Å². The predicted molar refractivity (Wildman–Crippen MR) is 118 cm³/mol. The van der Waals surface area contributed by atoms with Crippen molar-refractivity contribution in [2.24, 2.45) is 0 Å². The number of ether oxygens (including phenoxy) is 2. The molecular formula is C23H24FN3O3S. The average molecular weight is 442 g/mol. The Morgan fingerprint density at radius 3 is 2.48 bits per heavy atom. The van der Waals surface area contributed by atoms with E-state index in [0.717, 1.165) is 35.9 Å². The summed E-state index contributed by atoms with van der Waals surface area (Å²) in [7, 11) is 1.58. The minimum atomic E-state index is -0.250. The standard InChI is InChI=1S/C23H24FN3O3S/c1-29-20-4-2-3-5-21(20)30-15-23(28)27-12-10-26(11-13-27)14-22-25-19(16-31-22)17-6-8-18(24)9-7-17/h2-9,16H,10-15H2,1H3. The minimum absolute atomic E-state index is 0.00607. The third-order valence-electron chi connectivity index (χ3n) is 5.20. The molecule has 2 aromatic carbocycles. The molecule has 0 spiro atoms. The average Bonchev–Trinajstić information content (AvgIpc) is 3.27. The number of hydrogen-bond donors (Lipinski definition) is 0. The molecule has 0 N–H and O–H groups in total. The number of benzene rings is 2. The molecule has 0 bridgehead atoms.